The second kappa shape index (κ2) is 6.75. The monoisotopic (exact) mass is 272 g/mol. The molecule has 1 aromatic carbocycles. The number of rotatable bonds is 5. The zero-order valence-electron chi connectivity index (χ0n) is 11.9. The lowest BCUT2D eigenvalue weighted by Crippen LogP contribution is -2.37. The molecule has 0 spiro atoms. The third-order valence-corrected chi connectivity index (χ3v) is 3.05. The molecule has 0 aliphatic heterocycles. The van der Waals surface area contributed by atoms with E-state index in [9.17, 15) is 4.79 Å². The number of aromatic nitrogens is 2. The van der Waals surface area contributed by atoms with Crippen LogP contribution >= 0.6 is 0 Å². The molecule has 0 bridgehead atoms. The van der Waals surface area contributed by atoms with Gasteiger partial charge in [-0.2, -0.15) is 5.10 Å². The summed E-state index contributed by atoms with van der Waals surface area (Å²) in [4.78, 5) is 13.5. The summed E-state index contributed by atoms with van der Waals surface area (Å²) < 4.78 is 1.80. The Kier molecular flexibility index (Phi) is 4.76. The van der Waals surface area contributed by atoms with Gasteiger partial charge in [0, 0.05) is 32.5 Å². The van der Waals surface area contributed by atoms with E-state index in [0.29, 0.717) is 6.54 Å². The standard InChI is InChI=1S/C15H20N4O/c1-3-10-18(2)15(20)16-12-13-5-7-14(8-6-13)19-11-4-9-17-19/h4-9,11H,3,10,12H2,1-2H3,(H,16,20). The molecule has 0 radical (unpaired) electrons. The van der Waals surface area contributed by atoms with E-state index in [0.717, 1.165) is 24.2 Å². The predicted octanol–water partition coefficient (Wildman–Crippen LogP) is 2.42. The average Bonchev–Trinajstić information content (AvgIpc) is 2.99. The van der Waals surface area contributed by atoms with E-state index in [1.165, 1.54) is 0 Å². The molecular weight excluding hydrogens is 252 g/mol. The van der Waals surface area contributed by atoms with Crippen molar-refractivity contribution >= 4 is 6.03 Å². The van der Waals surface area contributed by atoms with Crippen LogP contribution in [0.2, 0.25) is 0 Å². The second-order valence-electron chi connectivity index (χ2n) is 4.70. The topological polar surface area (TPSA) is 50.2 Å². The Morgan fingerprint density at radius 2 is 2.10 bits per heavy atom. The van der Waals surface area contributed by atoms with Crippen molar-refractivity contribution in [3.63, 3.8) is 0 Å². The van der Waals surface area contributed by atoms with Crippen LogP contribution in [0.1, 0.15) is 18.9 Å². The van der Waals surface area contributed by atoms with Gasteiger partial charge in [-0.05, 0) is 30.2 Å². The number of hydrogen-bond donors (Lipinski definition) is 1. The van der Waals surface area contributed by atoms with Crippen LogP contribution in [0.15, 0.2) is 42.7 Å². The number of carbonyl (C=O) groups is 1. The van der Waals surface area contributed by atoms with E-state index in [-0.39, 0.29) is 6.03 Å². The van der Waals surface area contributed by atoms with Crippen LogP contribution in [-0.4, -0.2) is 34.3 Å². The van der Waals surface area contributed by atoms with E-state index in [2.05, 4.69) is 17.3 Å². The first-order valence-corrected chi connectivity index (χ1v) is 6.78. The number of benzene rings is 1. The first-order valence-electron chi connectivity index (χ1n) is 6.78. The Hall–Kier alpha value is -2.30. The largest absolute Gasteiger partial charge is 0.334 e. The Bertz CT molecular complexity index is 534. The molecule has 2 rings (SSSR count). The molecule has 1 aromatic heterocycles. The molecular formula is C15H20N4O. The minimum atomic E-state index is -0.0389. The Balaban J connectivity index is 1.90. The van der Waals surface area contributed by atoms with Gasteiger partial charge in [-0.25, -0.2) is 9.48 Å². The van der Waals surface area contributed by atoms with Crippen LogP contribution in [0.4, 0.5) is 4.79 Å². The summed E-state index contributed by atoms with van der Waals surface area (Å²) in [6.45, 7) is 3.36. The normalized spacial score (nSPS) is 10.3. The maximum Gasteiger partial charge on any atom is 0.317 e. The first kappa shape index (κ1) is 14.1. The summed E-state index contributed by atoms with van der Waals surface area (Å²) in [7, 11) is 1.81. The van der Waals surface area contributed by atoms with Crippen LogP contribution in [0.5, 0.6) is 0 Å². The van der Waals surface area contributed by atoms with Gasteiger partial charge in [-0.1, -0.05) is 19.1 Å². The molecule has 2 amide bonds. The van der Waals surface area contributed by atoms with E-state index in [1.807, 2.05) is 36.5 Å². The minimum absolute atomic E-state index is 0.0389. The first-order chi connectivity index (χ1) is 9.70. The molecule has 5 nitrogen and oxygen atoms in total. The molecule has 20 heavy (non-hydrogen) atoms. The lowest BCUT2D eigenvalue weighted by molar-refractivity contribution is 0.208. The molecule has 0 aliphatic rings. The van der Waals surface area contributed by atoms with Gasteiger partial charge < -0.3 is 10.2 Å². The molecule has 0 atom stereocenters. The van der Waals surface area contributed by atoms with Gasteiger partial charge in [0.25, 0.3) is 0 Å². The van der Waals surface area contributed by atoms with E-state index in [4.69, 9.17) is 0 Å². The zero-order chi connectivity index (χ0) is 14.4. The highest BCUT2D eigenvalue weighted by Crippen LogP contribution is 2.08. The third-order valence-electron chi connectivity index (χ3n) is 3.05. The maximum atomic E-state index is 11.8. The average molecular weight is 272 g/mol. The van der Waals surface area contributed by atoms with Crippen molar-refractivity contribution in [1.82, 2.24) is 20.0 Å². The van der Waals surface area contributed by atoms with E-state index < -0.39 is 0 Å². The summed E-state index contributed by atoms with van der Waals surface area (Å²) in [5.41, 5.74) is 2.08. The molecule has 0 unspecified atom stereocenters. The quantitative estimate of drug-likeness (QED) is 0.908. The van der Waals surface area contributed by atoms with Crippen LogP contribution in [0.25, 0.3) is 5.69 Å². The molecule has 0 saturated heterocycles. The summed E-state index contributed by atoms with van der Waals surface area (Å²) >= 11 is 0. The van der Waals surface area contributed by atoms with Crippen molar-refractivity contribution in [1.29, 1.82) is 0 Å². The molecule has 1 N–H and O–H groups in total. The molecule has 5 heteroatoms. The van der Waals surface area contributed by atoms with Gasteiger partial charge in [0.15, 0.2) is 0 Å². The smallest absolute Gasteiger partial charge is 0.317 e. The van der Waals surface area contributed by atoms with E-state index >= 15 is 0 Å². The highest BCUT2D eigenvalue weighted by molar-refractivity contribution is 5.73. The van der Waals surface area contributed by atoms with Gasteiger partial charge in [0.1, 0.15) is 0 Å². The molecule has 106 valence electrons. The zero-order valence-corrected chi connectivity index (χ0v) is 11.9. The lowest BCUT2D eigenvalue weighted by Gasteiger charge is -2.17. The second-order valence-corrected chi connectivity index (χ2v) is 4.70. The fourth-order valence-electron chi connectivity index (χ4n) is 1.94. The van der Waals surface area contributed by atoms with Gasteiger partial charge in [0.05, 0.1) is 5.69 Å². The van der Waals surface area contributed by atoms with Crippen molar-refractivity contribution < 1.29 is 4.79 Å². The highest BCUT2D eigenvalue weighted by Gasteiger charge is 2.06. The van der Waals surface area contributed by atoms with Crippen molar-refractivity contribution in [3.8, 4) is 5.69 Å². The van der Waals surface area contributed by atoms with Crippen LogP contribution in [-0.2, 0) is 6.54 Å². The van der Waals surface area contributed by atoms with Crippen LogP contribution < -0.4 is 5.32 Å². The predicted molar refractivity (Wildman–Crippen MR) is 78.7 cm³/mol. The van der Waals surface area contributed by atoms with Gasteiger partial charge in [-0.3, -0.25) is 0 Å². The summed E-state index contributed by atoms with van der Waals surface area (Å²) in [6, 6.07) is 9.82. The van der Waals surface area contributed by atoms with Crippen molar-refractivity contribution in [3.05, 3.63) is 48.3 Å². The molecule has 2 aromatic rings. The number of hydrogen-bond acceptors (Lipinski definition) is 2. The Morgan fingerprint density at radius 1 is 1.35 bits per heavy atom. The summed E-state index contributed by atoms with van der Waals surface area (Å²) in [6.07, 6.45) is 4.61. The molecule has 0 fully saturated rings. The van der Waals surface area contributed by atoms with Crippen molar-refractivity contribution in [2.24, 2.45) is 0 Å². The van der Waals surface area contributed by atoms with Crippen LogP contribution in [0, 0.1) is 0 Å². The minimum Gasteiger partial charge on any atom is -0.334 e. The molecule has 1 heterocycles. The fraction of sp³-hybridized carbons (Fsp3) is 0.333. The van der Waals surface area contributed by atoms with Gasteiger partial charge in [-0.15, -0.1) is 0 Å². The lowest BCUT2D eigenvalue weighted by atomic mass is 10.2. The molecule has 0 aliphatic carbocycles. The fourth-order valence-corrected chi connectivity index (χ4v) is 1.94. The number of amides is 2. The van der Waals surface area contributed by atoms with Crippen molar-refractivity contribution in [2.75, 3.05) is 13.6 Å². The summed E-state index contributed by atoms with van der Waals surface area (Å²) in [5, 5.41) is 7.08. The Labute approximate surface area is 119 Å². The number of urea groups is 1. The van der Waals surface area contributed by atoms with E-state index in [1.54, 1.807) is 22.8 Å². The summed E-state index contributed by atoms with van der Waals surface area (Å²) in [5.74, 6) is 0. The number of carbonyl (C=O) groups excluding carboxylic acids is 1. The van der Waals surface area contributed by atoms with Gasteiger partial charge >= 0.3 is 6.03 Å². The van der Waals surface area contributed by atoms with Gasteiger partial charge in [0.2, 0.25) is 0 Å². The Morgan fingerprint density at radius 3 is 2.70 bits per heavy atom. The molecule has 0 saturated carbocycles. The maximum absolute atomic E-state index is 11.8. The highest BCUT2D eigenvalue weighted by atomic mass is 16.2. The number of nitrogens with one attached hydrogen (secondary N) is 1. The third kappa shape index (κ3) is 3.60. The SMILES string of the molecule is CCCN(C)C(=O)NCc1ccc(-n2cccn2)cc1. The van der Waals surface area contributed by atoms with Crippen molar-refractivity contribution in [2.45, 2.75) is 19.9 Å². The van der Waals surface area contributed by atoms with Crippen LogP contribution in [0.3, 0.4) is 0 Å². The number of nitrogens with zero attached hydrogens (tertiary/aromatic N) is 3.